The Kier molecular flexibility index (Phi) is 9.25. The summed E-state index contributed by atoms with van der Waals surface area (Å²) in [5.74, 6) is 0.629. The average Bonchev–Trinajstić information content (AvgIpc) is 3.59. The topological polar surface area (TPSA) is 80.4 Å². The number of carbonyl (C=O) groups excluding carboxylic acids is 2. The third-order valence-electron chi connectivity index (χ3n) is 6.91. The van der Waals surface area contributed by atoms with Gasteiger partial charge in [-0.05, 0) is 61.2 Å². The molecule has 0 radical (unpaired) electrons. The molecule has 2 aromatic heterocycles. The Labute approximate surface area is 237 Å². The first-order valence-corrected chi connectivity index (χ1v) is 14.0. The molecule has 0 saturated carbocycles. The van der Waals surface area contributed by atoms with Crippen LogP contribution in [0, 0.1) is 6.92 Å². The van der Waals surface area contributed by atoms with Gasteiger partial charge in [0.05, 0.1) is 24.2 Å². The van der Waals surface area contributed by atoms with Crippen LogP contribution in [-0.2, 0) is 23.2 Å². The number of carbonyl (C=O) groups is 2. The van der Waals surface area contributed by atoms with Gasteiger partial charge >= 0.3 is 0 Å². The molecule has 4 aromatic rings. The number of furan rings is 1. The number of rotatable bonds is 11. The van der Waals surface area contributed by atoms with E-state index < -0.39 is 0 Å². The molecule has 0 aliphatic carbocycles. The number of amides is 2. The van der Waals surface area contributed by atoms with E-state index in [1.54, 1.807) is 23.1 Å². The van der Waals surface area contributed by atoms with Crippen molar-refractivity contribution in [2.45, 2.75) is 72.3 Å². The van der Waals surface area contributed by atoms with E-state index >= 15 is 0 Å². The van der Waals surface area contributed by atoms with E-state index in [1.165, 1.54) is 23.3 Å². The lowest BCUT2D eigenvalue weighted by Crippen LogP contribution is -2.37. The molecule has 0 unspecified atom stereocenters. The lowest BCUT2D eigenvalue weighted by Gasteiger charge is -2.22. The van der Waals surface area contributed by atoms with Gasteiger partial charge in [0.1, 0.15) is 18.1 Å². The fraction of sp³-hybridized carbons (Fsp3) is 0.364. The van der Waals surface area contributed by atoms with Crippen LogP contribution < -0.4 is 5.32 Å². The first-order chi connectivity index (χ1) is 19.2. The molecule has 7 nitrogen and oxygen atoms in total. The zero-order chi connectivity index (χ0) is 28.7. The molecule has 2 amide bonds. The predicted octanol–water partition coefficient (Wildman–Crippen LogP) is 7.09. The van der Waals surface area contributed by atoms with Crippen LogP contribution in [0.2, 0.25) is 0 Å². The van der Waals surface area contributed by atoms with Crippen molar-refractivity contribution in [3.05, 3.63) is 101 Å². The maximum atomic E-state index is 13.6. The first-order valence-electron chi connectivity index (χ1n) is 14.0. The lowest BCUT2D eigenvalue weighted by atomic mass is 9.92. The van der Waals surface area contributed by atoms with E-state index in [4.69, 9.17) is 9.52 Å². The van der Waals surface area contributed by atoms with Crippen LogP contribution in [0.4, 0.5) is 5.82 Å². The highest BCUT2D eigenvalue weighted by molar-refractivity contribution is 5.99. The number of hydrogen-bond acceptors (Lipinski definition) is 4. The van der Waals surface area contributed by atoms with Crippen molar-refractivity contribution in [1.82, 2.24) is 14.7 Å². The third kappa shape index (κ3) is 7.29. The molecule has 0 saturated heterocycles. The van der Waals surface area contributed by atoms with E-state index in [9.17, 15) is 9.59 Å². The summed E-state index contributed by atoms with van der Waals surface area (Å²) < 4.78 is 7.28. The highest BCUT2D eigenvalue weighted by Gasteiger charge is 2.24. The standard InChI is InChI=1S/C33H40N4O3/c1-6-7-8-13-25-16-18-26(19-17-25)32(39)36(22-27-14-11-20-40-27)23-31(38)34-30-21-29(33(3,4)5)35-37(30)28-15-10-9-12-24(28)2/h9-12,14-21H,6-8,13,22-23H2,1-5H3,(H,34,38). The molecule has 0 bridgehead atoms. The van der Waals surface area contributed by atoms with Gasteiger partial charge in [-0.15, -0.1) is 0 Å². The first kappa shape index (κ1) is 28.9. The SMILES string of the molecule is CCCCCc1ccc(C(=O)N(CC(=O)Nc2cc(C(C)(C)C)nn2-c2ccccc2C)Cc2ccco2)cc1. The molecule has 0 spiro atoms. The Morgan fingerprint density at radius 1 is 1.00 bits per heavy atom. The lowest BCUT2D eigenvalue weighted by molar-refractivity contribution is -0.117. The van der Waals surface area contributed by atoms with Gasteiger partial charge in [0.15, 0.2) is 0 Å². The van der Waals surface area contributed by atoms with Crippen molar-refractivity contribution in [3.8, 4) is 5.69 Å². The fourth-order valence-electron chi connectivity index (χ4n) is 4.54. The molecule has 4 rings (SSSR count). The summed E-state index contributed by atoms with van der Waals surface area (Å²) in [4.78, 5) is 28.5. The minimum atomic E-state index is -0.314. The molecular weight excluding hydrogens is 500 g/mol. The van der Waals surface area contributed by atoms with Crippen molar-refractivity contribution in [3.63, 3.8) is 0 Å². The van der Waals surface area contributed by atoms with Gasteiger partial charge in [-0.25, -0.2) is 4.68 Å². The number of aromatic nitrogens is 2. The zero-order valence-electron chi connectivity index (χ0n) is 24.2. The van der Waals surface area contributed by atoms with Gasteiger partial charge in [-0.1, -0.05) is 70.9 Å². The van der Waals surface area contributed by atoms with Crippen molar-refractivity contribution in [2.75, 3.05) is 11.9 Å². The summed E-state index contributed by atoms with van der Waals surface area (Å²) in [6, 6.07) is 21.1. The van der Waals surface area contributed by atoms with Crippen molar-refractivity contribution in [1.29, 1.82) is 0 Å². The molecule has 1 N–H and O–H groups in total. The number of hydrogen-bond donors (Lipinski definition) is 1. The Morgan fingerprint density at radius 3 is 2.40 bits per heavy atom. The average molecular weight is 541 g/mol. The molecule has 210 valence electrons. The molecule has 2 heterocycles. The Bertz CT molecular complexity index is 1410. The van der Waals surface area contributed by atoms with E-state index in [1.807, 2.05) is 61.5 Å². The fourth-order valence-corrected chi connectivity index (χ4v) is 4.54. The number of anilines is 1. The number of aryl methyl sites for hydroxylation is 2. The summed E-state index contributed by atoms with van der Waals surface area (Å²) in [6.45, 7) is 10.5. The number of unbranched alkanes of at least 4 members (excludes halogenated alkanes) is 2. The smallest absolute Gasteiger partial charge is 0.254 e. The molecule has 0 fully saturated rings. The Morgan fingerprint density at radius 2 is 1.75 bits per heavy atom. The van der Waals surface area contributed by atoms with Crippen molar-refractivity contribution < 1.29 is 14.0 Å². The molecular formula is C33H40N4O3. The molecule has 0 aliphatic heterocycles. The number of nitrogens with zero attached hydrogens (tertiary/aromatic N) is 3. The molecule has 2 aromatic carbocycles. The second-order valence-electron chi connectivity index (χ2n) is 11.3. The van der Waals surface area contributed by atoms with E-state index in [-0.39, 0.29) is 30.3 Å². The normalized spacial score (nSPS) is 11.4. The maximum Gasteiger partial charge on any atom is 0.254 e. The van der Waals surface area contributed by atoms with Crippen LogP contribution in [0.3, 0.4) is 0 Å². The Hall–Kier alpha value is -4.13. The summed E-state index contributed by atoms with van der Waals surface area (Å²) >= 11 is 0. The monoisotopic (exact) mass is 540 g/mol. The summed E-state index contributed by atoms with van der Waals surface area (Å²) in [5, 5.41) is 7.85. The van der Waals surface area contributed by atoms with Crippen molar-refractivity contribution >= 4 is 17.6 Å². The number of para-hydroxylation sites is 1. The van der Waals surface area contributed by atoms with Crippen LogP contribution in [0.5, 0.6) is 0 Å². The van der Waals surface area contributed by atoms with Gasteiger partial charge in [0.2, 0.25) is 5.91 Å². The molecule has 0 aliphatic rings. The van der Waals surface area contributed by atoms with Crippen LogP contribution in [-0.4, -0.2) is 33.0 Å². The molecule has 40 heavy (non-hydrogen) atoms. The van der Waals surface area contributed by atoms with Crippen LogP contribution in [0.1, 0.15) is 79.9 Å². The van der Waals surface area contributed by atoms with Gasteiger partial charge < -0.3 is 14.6 Å². The number of benzene rings is 2. The summed E-state index contributed by atoms with van der Waals surface area (Å²) in [7, 11) is 0. The van der Waals surface area contributed by atoms with Gasteiger partial charge in [-0.3, -0.25) is 9.59 Å². The minimum absolute atomic E-state index is 0.137. The molecule has 0 atom stereocenters. The molecule has 7 heteroatoms. The summed E-state index contributed by atoms with van der Waals surface area (Å²) in [5.41, 5.74) is 4.31. The van der Waals surface area contributed by atoms with Crippen LogP contribution in [0.25, 0.3) is 5.69 Å². The Balaban J connectivity index is 1.56. The predicted molar refractivity (Wildman–Crippen MR) is 159 cm³/mol. The maximum absolute atomic E-state index is 13.6. The largest absolute Gasteiger partial charge is 0.467 e. The van der Waals surface area contributed by atoms with E-state index in [2.05, 4.69) is 33.0 Å². The van der Waals surface area contributed by atoms with E-state index in [0.717, 1.165) is 29.8 Å². The van der Waals surface area contributed by atoms with Crippen LogP contribution in [0.15, 0.2) is 77.4 Å². The second-order valence-corrected chi connectivity index (χ2v) is 11.3. The highest BCUT2D eigenvalue weighted by atomic mass is 16.3. The zero-order valence-corrected chi connectivity index (χ0v) is 24.2. The van der Waals surface area contributed by atoms with Crippen molar-refractivity contribution in [2.24, 2.45) is 0 Å². The van der Waals surface area contributed by atoms with E-state index in [0.29, 0.717) is 17.1 Å². The minimum Gasteiger partial charge on any atom is -0.467 e. The number of nitrogens with one attached hydrogen (secondary N) is 1. The quantitative estimate of drug-likeness (QED) is 0.206. The van der Waals surface area contributed by atoms with Gasteiger partial charge in [0.25, 0.3) is 5.91 Å². The van der Waals surface area contributed by atoms with Gasteiger partial charge in [-0.2, -0.15) is 5.10 Å². The second kappa shape index (κ2) is 12.8. The summed E-state index contributed by atoms with van der Waals surface area (Å²) in [6.07, 6.45) is 6.05. The third-order valence-corrected chi connectivity index (χ3v) is 6.91. The van der Waals surface area contributed by atoms with Gasteiger partial charge in [0, 0.05) is 17.0 Å². The van der Waals surface area contributed by atoms with Crippen LogP contribution >= 0.6 is 0 Å². The highest BCUT2D eigenvalue weighted by Crippen LogP contribution is 2.27.